The fourth-order valence-electron chi connectivity index (χ4n) is 2.26. The van der Waals surface area contributed by atoms with Gasteiger partial charge in [-0.15, -0.1) is 0 Å². The first-order valence-corrected chi connectivity index (χ1v) is 7.86. The van der Waals surface area contributed by atoms with Crippen LogP contribution in [0.1, 0.15) is 16.7 Å². The van der Waals surface area contributed by atoms with Crippen LogP contribution in [0.4, 0.5) is 4.79 Å². The molecule has 1 unspecified atom stereocenters. The Morgan fingerprint density at radius 2 is 1.64 bits per heavy atom. The summed E-state index contributed by atoms with van der Waals surface area (Å²) in [4.78, 5) is 23.9. The van der Waals surface area contributed by atoms with Gasteiger partial charge in [0.1, 0.15) is 12.6 Å². The number of esters is 1. The summed E-state index contributed by atoms with van der Waals surface area (Å²) in [5, 5.41) is 11.6. The molecule has 6 heteroatoms. The van der Waals surface area contributed by atoms with E-state index in [1.165, 1.54) is 7.11 Å². The Hall–Kier alpha value is -2.86. The number of ether oxygens (including phenoxy) is 2. The van der Waals surface area contributed by atoms with Crippen molar-refractivity contribution >= 4 is 12.1 Å². The fraction of sp³-hybridized carbons (Fsp3) is 0.263. The van der Waals surface area contributed by atoms with E-state index >= 15 is 0 Å². The molecular weight excluding hydrogens is 322 g/mol. The molecule has 6 nitrogen and oxygen atoms in total. The molecule has 1 atom stereocenters. The maximum atomic E-state index is 12.0. The van der Waals surface area contributed by atoms with Crippen molar-refractivity contribution in [2.45, 2.75) is 25.7 Å². The van der Waals surface area contributed by atoms with Crippen LogP contribution in [0.3, 0.4) is 0 Å². The topological polar surface area (TPSA) is 84.9 Å². The zero-order valence-corrected chi connectivity index (χ0v) is 14.0. The molecule has 2 aromatic carbocycles. The van der Waals surface area contributed by atoms with E-state index in [2.05, 4.69) is 5.32 Å². The third-order valence-electron chi connectivity index (χ3n) is 3.64. The molecule has 0 aliphatic carbocycles. The maximum Gasteiger partial charge on any atom is 0.408 e. The fourth-order valence-corrected chi connectivity index (χ4v) is 2.26. The summed E-state index contributed by atoms with van der Waals surface area (Å²) in [7, 11) is 1.27. The van der Waals surface area contributed by atoms with Crippen molar-refractivity contribution in [1.82, 2.24) is 5.32 Å². The van der Waals surface area contributed by atoms with Crippen LogP contribution in [0.5, 0.6) is 0 Å². The van der Waals surface area contributed by atoms with Crippen LogP contribution >= 0.6 is 0 Å². The van der Waals surface area contributed by atoms with Gasteiger partial charge in [-0.2, -0.15) is 0 Å². The Labute approximate surface area is 146 Å². The Morgan fingerprint density at radius 3 is 2.24 bits per heavy atom. The number of carbonyl (C=O) groups is 2. The lowest BCUT2D eigenvalue weighted by atomic mass is 10.0. The van der Waals surface area contributed by atoms with Crippen molar-refractivity contribution < 1.29 is 24.2 Å². The van der Waals surface area contributed by atoms with E-state index in [1.807, 2.05) is 30.3 Å². The summed E-state index contributed by atoms with van der Waals surface area (Å²) >= 11 is 0. The van der Waals surface area contributed by atoms with Gasteiger partial charge in [0.15, 0.2) is 0 Å². The minimum absolute atomic E-state index is 0.0508. The number of methoxy groups -OCH3 is 1. The molecular formula is C19H21NO5. The quantitative estimate of drug-likeness (QED) is 0.753. The zero-order chi connectivity index (χ0) is 18.1. The second-order valence-electron chi connectivity index (χ2n) is 5.46. The number of nitrogens with one attached hydrogen (secondary N) is 1. The van der Waals surface area contributed by atoms with Gasteiger partial charge in [-0.3, -0.25) is 0 Å². The van der Waals surface area contributed by atoms with Crippen molar-refractivity contribution in [3.8, 4) is 0 Å². The Balaban J connectivity index is 1.94. The molecule has 0 saturated heterocycles. The van der Waals surface area contributed by atoms with Crippen LogP contribution in [-0.4, -0.2) is 30.3 Å². The predicted molar refractivity (Wildman–Crippen MR) is 91.6 cm³/mol. The lowest BCUT2D eigenvalue weighted by Gasteiger charge is -2.16. The van der Waals surface area contributed by atoms with Crippen LogP contribution in [0.15, 0.2) is 54.6 Å². The summed E-state index contributed by atoms with van der Waals surface area (Å²) in [6.07, 6.45) is -0.426. The predicted octanol–water partition coefficient (Wildman–Crippen LogP) is 2.19. The van der Waals surface area contributed by atoms with E-state index in [0.29, 0.717) is 0 Å². The average Bonchev–Trinajstić information content (AvgIpc) is 2.66. The molecule has 0 heterocycles. The molecule has 0 bridgehead atoms. The number of benzene rings is 2. The van der Waals surface area contributed by atoms with Gasteiger partial charge in [-0.05, 0) is 16.7 Å². The molecule has 132 valence electrons. The van der Waals surface area contributed by atoms with Crippen LogP contribution < -0.4 is 5.32 Å². The summed E-state index contributed by atoms with van der Waals surface area (Å²) in [5.74, 6) is -0.553. The molecule has 0 radical (unpaired) electrons. The van der Waals surface area contributed by atoms with Gasteiger partial charge in [0.05, 0.1) is 13.7 Å². The highest BCUT2D eigenvalue weighted by atomic mass is 16.6. The highest BCUT2D eigenvalue weighted by Gasteiger charge is 2.22. The highest BCUT2D eigenvalue weighted by Crippen LogP contribution is 2.09. The Bertz CT molecular complexity index is 685. The molecule has 0 spiro atoms. The van der Waals surface area contributed by atoms with Crippen LogP contribution in [0.25, 0.3) is 0 Å². The van der Waals surface area contributed by atoms with Gasteiger partial charge < -0.3 is 19.9 Å². The van der Waals surface area contributed by atoms with E-state index in [0.717, 1.165) is 16.7 Å². The normalized spacial score (nSPS) is 11.4. The molecule has 25 heavy (non-hydrogen) atoms. The largest absolute Gasteiger partial charge is 0.467 e. The third kappa shape index (κ3) is 5.93. The van der Waals surface area contributed by atoms with Gasteiger partial charge in [0, 0.05) is 6.42 Å². The SMILES string of the molecule is COC(=O)C(Cc1ccc(CO)cc1)NC(=O)OCc1ccccc1. The van der Waals surface area contributed by atoms with Gasteiger partial charge in [0.2, 0.25) is 0 Å². The number of rotatable bonds is 7. The zero-order valence-electron chi connectivity index (χ0n) is 14.0. The summed E-state index contributed by atoms with van der Waals surface area (Å²) in [6, 6.07) is 15.5. The lowest BCUT2D eigenvalue weighted by Crippen LogP contribution is -2.43. The average molecular weight is 343 g/mol. The minimum Gasteiger partial charge on any atom is -0.467 e. The molecule has 1 amide bonds. The second-order valence-corrected chi connectivity index (χ2v) is 5.46. The smallest absolute Gasteiger partial charge is 0.408 e. The Morgan fingerprint density at radius 1 is 1.00 bits per heavy atom. The number of aliphatic hydroxyl groups is 1. The molecule has 2 N–H and O–H groups in total. The van der Waals surface area contributed by atoms with Crippen molar-refractivity contribution in [3.05, 3.63) is 71.3 Å². The molecule has 0 aromatic heterocycles. The van der Waals surface area contributed by atoms with E-state index in [-0.39, 0.29) is 19.6 Å². The maximum absolute atomic E-state index is 12.0. The van der Waals surface area contributed by atoms with E-state index < -0.39 is 18.1 Å². The third-order valence-corrected chi connectivity index (χ3v) is 3.64. The second kappa shape index (κ2) is 9.44. The monoisotopic (exact) mass is 343 g/mol. The molecule has 0 aliphatic heterocycles. The minimum atomic E-state index is -0.853. The number of hydrogen-bond acceptors (Lipinski definition) is 5. The molecule has 0 aliphatic rings. The highest BCUT2D eigenvalue weighted by molar-refractivity contribution is 5.81. The first-order chi connectivity index (χ1) is 12.1. The van der Waals surface area contributed by atoms with E-state index in [1.54, 1.807) is 24.3 Å². The van der Waals surface area contributed by atoms with Gasteiger partial charge in [0.25, 0.3) is 0 Å². The number of alkyl carbamates (subject to hydrolysis) is 1. The van der Waals surface area contributed by atoms with Gasteiger partial charge in [-0.25, -0.2) is 9.59 Å². The van der Waals surface area contributed by atoms with E-state index in [4.69, 9.17) is 14.6 Å². The number of hydrogen-bond donors (Lipinski definition) is 2. The number of amides is 1. The van der Waals surface area contributed by atoms with Crippen LogP contribution in [-0.2, 0) is 33.9 Å². The summed E-state index contributed by atoms with van der Waals surface area (Å²) in [6.45, 7) is 0.0660. The summed E-state index contributed by atoms with van der Waals surface area (Å²) < 4.78 is 9.88. The first-order valence-electron chi connectivity index (χ1n) is 7.86. The van der Waals surface area contributed by atoms with Gasteiger partial charge in [-0.1, -0.05) is 54.6 Å². The van der Waals surface area contributed by atoms with E-state index in [9.17, 15) is 9.59 Å². The lowest BCUT2D eigenvalue weighted by molar-refractivity contribution is -0.143. The van der Waals surface area contributed by atoms with Crippen molar-refractivity contribution in [3.63, 3.8) is 0 Å². The molecule has 2 rings (SSSR count). The molecule has 0 fully saturated rings. The summed E-state index contributed by atoms with van der Waals surface area (Å²) in [5.41, 5.74) is 2.46. The molecule has 2 aromatic rings. The Kier molecular flexibility index (Phi) is 6.98. The van der Waals surface area contributed by atoms with Crippen LogP contribution in [0.2, 0.25) is 0 Å². The number of aliphatic hydroxyl groups excluding tert-OH is 1. The number of carbonyl (C=O) groups excluding carboxylic acids is 2. The van der Waals surface area contributed by atoms with Crippen LogP contribution in [0, 0.1) is 0 Å². The van der Waals surface area contributed by atoms with Crippen molar-refractivity contribution in [1.29, 1.82) is 0 Å². The first kappa shape index (κ1) is 18.5. The van der Waals surface area contributed by atoms with Crippen molar-refractivity contribution in [2.75, 3.05) is 7.11 Å². The van der Waals surface area contributed by atoms with Crippen molar-refractivity contribution in [2.24, 2.45) is 0 Å². The van der Waals surface area contributed by atoms with Gasteiger partial charge >= 0.3 is 12.1 Å². The molecule has 0 saturated carbocycles. The standard InChI is InChI=1S/C19H21NO5/c1-24-18(22)17(11-14-7-9-15(12-21)10-8-14)20-19(23)25-13-16-5-3-2-4-6-16/h2-10,17,21H,11-13H2,1H3,(H,20,23).